The summed E-state index contributed by atoms with van der Waals surface area (Å²) in [4.78, 5) is 15.3. The molecule has 0 radical (unpaired) electrons. The van der Waals surface area contributed by atoms with Crippen LogP contribution in [-0.4, -0.2) is 38.1 Å². The number of furan rings is 1. The monoisotopic (exact) mass is 396 g/mol. The number of fused-ring (bicyclic) bond motifs is 1. The van der Waals surface area contributed by atoms with E-state index >= 15 is 0 Å². The van der Waals surface area contributed by atoms with Crippen molar-refractivity contribution in [2.75, 3.05) is 27.2 Å². The van der Waals surface area contributed by atoms with Crippen LogP contribution in [0.4, 0.5) is 0 Å². The smallest absolute Gasteiger partial charge is 0.226 e. The number of rotatable bonds is 7. The molecule has 0 aliphatic heterocycles. The van der Waals surface area contributed by atoms with Crippen molar-refractivity contribution in [2.45, 2.75) is 45.1 Å². The molecule has 5 nitrogen and oxygen atoms in total. The van der Waals surface area contributed by atoms with Crippen molar-refractivity contribution in [2.24, 2.45) is 23.2 Å². The molecular formula is C24H32N2O3. The zero-order valence-electron chi connectivity index (χ0n) is 17.6. The largest absolute Gasteiger partial charge is 0.493 e. The third-order valence-electron chi connectivity index (χ3n) is 7.50. The first-order valence-corrected chi connectivity index (χ1v) is 11.1. The van der Waals surface area contributed by atoms with Crippen LogP contribution >= 0.6 is 0 Å². The quantitative estimate of drug-likeness (QED) is 0.762. The second kappa shape index (κ2) is 7.35. The van der Waals surface area contributed by atoms with E-state index in [0.29, 0.717) is 19.0 Å². The number of carbonyl (C=O) groups excluding carboxylic acids is 1. The lowest BCUT2D eigenvalue weighted by atomic mass is 9.49. The first-order valence-electron chi connectivity index (χ1n) is 11.1. The molecular weight excluding hydrogens is 364 g/mol. The number of benzene rings is 1. The minimum Gasteiger partial charge on any atom is -0.493 e. The average Bonchev–Trinajstić information content (AvgIpc) is 3.09. The SMILES string of the molecule is COc1cccc2cc(CN(C)CCNC(=O)C34CC5CC(CC(C5)C3)C4)oc12. The van der Waals surface area contributed by atoms with Gasteiger partial charge in [-0.05, 0) is 75.5 Å². The number of carbonyl (C=O) groups is 1. The van der Waals surface area contributed by atoms with E-state index in [9.17, 15) is 4.79 Å². The predicted molar refractivity (Wildman–Crippen MR) is 113 cm³/mol. The highest BCUT2D eigenvalue weighted by Gasteiger charge is 2.54. The minimum absolute atomic E-state index is 0.0530. The van der Waals surface area contributed by atoms with Gasteiger partial charge in [0.15, 0.2) is 11.3 Å². The maximum absolute atomic E-state index is 13.1. The van der Waals surface area contributed by atoms with Crippen LogP contribution < -0.4 is 10.1 Å². The lowest BCUT2D eigenvalue weighted by molar-refractivity contribution is -0.146. The maximum atomic E-state index is 13.1. The molecule has 0 unspecified atom stereocenters. The Morgan fingerprint density at radius 1 is 1.21 bits per heavy atom. The number of hydrogen-bond acceptors (Lipinski definition) is 4. The highest BCUT2D eigenvalue weighted by Crippen LogP contribution is 2.60. The van der Waals surface area contributed by atoms with Gasteiger partial charge in [0.05, 0.1) is 13.7 Å². The summed E-state index contributed by atoms with van der Waals surface area (Å²) in [5.41, 5.74) is 0.747. The summed E-state index contributed by atoms with van der Waals surface area (Å²) in [6.07, 6.45) is 7.50. The molecule has 0 atom stereocenters. The van der Waals surface area contributed by atoms with Gasteiger partial charge in [-0.1, -0.05) is 12.1 Å². The molecule has 1 aromatic carbocycles. The van der Waals surface area contributed by atoms with Gasteiger partial charge < -0.3 is 14.5 Å². The van der Waals surface area contributed by atoms with Crippen LogP contribution in [0.2, 0.25) is 0 Å². The Labute approximate surface area is 172 Å². The molecule has 0 spiro atoms. The summed E-state index contributed by atoms with van der Waals surface area (Å²) in [6, 6.07) is 8.00. The van der Waals surface area contributed by atoms with E-state index in [0.717, 1.165) is 66.0 Å². The molecule has 1 N–H and O–H groups in total. The van der Waals surface area contributed by atoms with Gasteiger partial charge in [-0.25, -0.2) is 0 Å². The van der Waals surface area contributed by atoms with Gasteiger partial charge in [0, 0.05) is 23.9 Å². The molecule has 1 amide bonds. The molecule has 4 fully saturated rings. The Morgan fingerprint density at radius 3 is 2.55 bits per heavy atom. The van der Waals surface area contributed by atoms with Crippen molar-refractivity contribution in [3.63, 3.8) is 0 Å². The second-order valence-electron chi connectivity index (χ2n) is 9.78. The molecule has 29 heavy (non-hydrogen) atoms. The fraction of sp³-hybridized carbons (Fsp3) is 0.625. The lowest BCUT2D eigenvalue weighted by Crippen LogP contribution is -2.54. The van der Waals surface area contributed by atoms with Gasteiger partial charge in [0.25, 0.3) is 0 Å². The van der Waals surface area contributed by atoms with Crippen molar-refractivity contribution in [3.8, 4) is 5.75 Å². The van der Waals surface area contributed by atoms with Gasteiger partial charge in [-0.3, -0.25) is 9.69 Å². The lowest BCUT2D eigenvalue weighted by Gasteiger charge is -2.55. The second-order valence-corrected chi connectivity index (χ2v) is 9.78. The highest BCUT2D eigenvalue weighted by atomic mass is 16.5. The number of nitrogens with zero attached hydrogens (tertiary/aromatic N) is 1. The van der Waals surface area contributed by atoms with Crippen LogP contribution in [0.15, 0.2) is 28.7 Å². The molecule has 0 saturated heterocycles. The molecule has 4 saturated carbocycles. The van der Waals surface area contributed by atoms with E-state index in [1.54, 1.807) is 7.11 Å². The Bertz CT molecular complexity index is 867. The topological polar surface area (TPSA) is 54.7 Å². The highest BCUT2D eigenvalue weighted by molar-refractivity contribution is 5.84. The number of methoxy groups -OCH3 is 1. The number of amides is 1. The normalized spacial score (nSPS) is 30.2. The van der Waals surface area contributed by atoms with Crippen LogP contribution in [0.3, 0.4) is 0 Å². The van der Waals surface area contributed by atoms with E-state index in [1.807, 2.05) is 18.2 Å². The Morgan fingerprint density at radius 2 is 1.90 bits per heavy atom. The number of likely N-dealkylation sites (N-methyl/N-ethyl adjacent to an activating group) is 1. The molecule has 5 heteroatoms. The van der Waals surface area contributed by atoms with Crippen LogP contribution in [0, 0.1) is 23.2 Å². The number of nitrogens with one attached hydrogen (secondary N) is 1. The third kappa shape index (κ3) is 3.54. The fourth-order valence-corrected chi connectivity index (χ4v) is 6.61. The van der Waals surface area contributed by atoms with Crippen LogP contribution in [0.5, 0.6) is 5.75 Å². The van der Waals surface area contributed by atoms with Crippen molar-refractivity contribution < 1.29 is 13.9 Å². The number of para-hydroxylation sites is 1. The van der Waals surface area contributed by atoms with Gasteiger partial charge in [-0.15, -0.1) is 0 Å². The van der Waals surface area contributed by atoms with Crippen molar-refractivity contribution >= 4 is 16.9 Å². The summed E-state index contributed by atoms with van der Waals surface area (Å²) in [6.45, 7) is 2.22. The van der Waals surface area contributed by atoms with E-state index in [4.69, 9.17) is 9.15 Å². The molecule has 6 rings (SSSR count). The van der Waals surface area contributed by atoms with Gasteiger partial charge in [0.1, 0.15) is 5.76 Å². The van der Waals surface area contributed by atoms with E-state index < -0.39 is 0 Å². The van der Waals surface area contributed by atoms with Crippen molar-refractivity contribution in [1.29, 1.82) is 0 Å². The first kappa shape index (κ1) is 19.0. The van der Waals surface area contributed by atoms with E-state index in [-0.39, 0.29) is 5.41 Å². The number of hydrogen-bond donors (Lipinski definition) is 1. The summed E-state index contributed by atoms with van der Waals surface area (Å²) < 4.78 is 11.4. The maximum Gasteiger partial charge on any atom is 0.226 e. The molecule has 1 aromatic heterocycles. The van der Waals surface area contributed by atoms with E-state index in [1.165, 1.54) is 19.3 Å². The summed E-state index contributed by atoms with van der Waals surface area (Å²) in [5.74, 6) is 4.41. The fourth-order valence-electron chi connectivity index (χ4n) is 6.61. The van der Waals surface area contributed by atoms with Crippen LogP contribution in [0.1, 0.15) is 44.3 Å². The van der Waals surface area contributed by atoms with Gasteiger partial charge in [0.2, 0.25) is 5.91 Å². The molecule has 2 aromatic rings. The standard InChI is InChI=1S/C24H32N2O3/c1-26(15-20-11-19-4-3-5-21(28-2)22(19)29-20)7-6-25-23(27)24-12-16-8-17(13-24)10-18(9-16)14-24/h3-5,11,16-18H,6-10,12-15H2,1-2H3,(H,25,27). The predicted octanol–water partition coefficient (Wildman–Crippen LogP) is 4.21. The minimum atomic E-state index is -0.0530. The number of ether oxygens (including phenoxy) is 1. The zero-order valence-corrected chi connectivity index (χ0v) is 17.6. The summed E-state index contributed by atoms with van der Waals surface area (Å²) in [7, 11) is 3.73. The summed E-state index contributed by atoms with van der Waals surface area (Å²) in [5, 5.41) is 4.33. The third-order valence-corrected chi connectivity index (χ3v) is 7.50. The Hall–Kier alpha value is -2.01. The molecule has 4 bridgehead atoms. The Kier molecular flexibility index (Phi) is 4.81. The first-order chi connectivity index (χ1) is 14.0. The zero-order chi connectivity index (χ0) is 20.0. The molecule has 156 valence electrons. The molecule has 4 aliphatic carbocycles. The van der Waals surface area contributed by atoms with Crippen molar-refractivity contribution in [1.82, 2.24) is 10.2 Å². The van der Waals surface area contributed by atoms with Crippen molar-refractivity contribution in [3.05, 3.63) is 30.0 Å². The summed E-state index contributed by atoms with van der Waals surface area (Å²) >= 11 is 0. The van der Waals surface area contributed by atoms with Gasteiger partial charge in [-0.2, -0.15) is 0 Å². The van der Waals surface area contributed by atoms with Crippen LogP contribution in [0.25, 0.3) is 11.0 Å². The average molecular weight is 397 g/mol. The van der Waals surface area contributed by atoms with Crippen LogP contribution in [-0.2, 0) is 11.3 Å². The van der Waals surface area contributed by atoms with E-state index in [2.05, 4.69) is 23.3 Å². The Balaban J connectivity index is 1.15. The molecule has 4 aliphatic rings. The molecule has 1 heterocycles. The van der Waals surface area contributed by atoms with Gasteiger partial charge >= 0.3 is 0 Å².